The first-order valence-electron chi connectivity index (χ1n) is 17.2. The lowest BCUT2D eigenvalue weighted by molar-refractivity contribution is -0.145. The second-order valence-corrected chi connectivity index (χ2v) is 12.3. The molecular weight excluding hydrogens is 632 g/mol. The first-order chi connectivity index (χ1) is 23.1. The summed E-state index contributed by atoms with van der Waals surface area (Å²) < 4.78 is 72.1. The Labute approximate surface area is 283 Å². The Kier molecular flexibility index (Phi) is 30.3. The third-order valence-electron chi connectivity index (χ3n) is 6.71. The van der Waals surface area contributed by atoms with E-state index in [0.29, 0.717) is 92.3 Å². The molecule has 1 aromatic rings. The zero-order valence-corrected chi connectivity index (χ0v) is 29.4. The quantitative estimate of drug-likeness (QED) is 0.0534. The lowest BCUT2D eigenvalue weighted by Crippen LogP contribution is -2.15. The second-order valence-electron chi connectivity index (χ2n) is 10.7. The molecule has 13 heteroatoms. The summed E-state index contributed by atoms with van der Waals surface area (Å²) in [6.45, 7) is 8.20. The summed E-state index contributed by atoms with van der Waals surface area (Å²) in [6, 6.07) is 7.98. The third kappa shape index (κ3) is 29.0. The van der Waals surface area contributed by atoms with E-state index in [-0.39, 0.29) is 30.7 Å². The van der Waals surface area contributed by atoms with Crippen LogP contribution < -0.4 is 0 Å². The molecule has 0 aliphatic carbocycles. The summed E-state index contributed by atoms with van der Waals surface area (Å²) in [5, 5.41) is 0. The van der Waals surface area contributed by atoms with Gasteiger partial charge in [-0.25, -0.2) is 0 Å². The van der Waals surface area contributed by atoms with Crippen molar-refractivity contribution in [1.29, 1.82) is 0 Å². The normalized spacial score (nSPS) is 11.7. The van der Waals surface area contributed by atoms with Crippen molar-refractivity contribution in [3.63, 3.8) is 0 Å². The highest BCUT2D eigenvalue weighted by Crippen LogP contribution is 2.11. The van der Waals surface area contributed by atoms with Crippen LogP contribution in [0.2, 0.25) is 0 Å². The number of esters is 1. The predicted octanol–water partition coefficient (Wildman–Crippen LogP) is 4.97. The topological polar surface area (TPSA) is 134 Å². The summed E-state index contributed by atoms with van der Waals surface area (Å²) in [4.78, 5) is 11.9. The molecular formula is C34H60O12S. The zero-order chi connectivity index (χ0) is 33.9. The smallest absolute Gasteiger partial charge is 0.305 e. The molecule has 0 aromatic heterocycles. The van der Waals surface area contributed by atoms with Crippen LogP contribution in [-0.2, 0) is 57.0 Å². The fourth-order valence-corrected chi connectivity index (χ4v) is 5.06. The Morgan fingerprint density at radius 3 is 1.28 bits per heavy atom. The molecule has 12 nitrogen and oxygen atoms in total. The molecule has 0 atom stereocenters. The minimum atomic E-state index is -3.76. The molecule has 0 saturated carbocycles. The monoisotopic (exact) mass is 692 g/mol. The summed E-state index contributed by atoms with van der Waals surface area (Å²) in [6.07, 6.45) is 11.5. The fraction of sp³-hybridized carbons (Fsp3) is 0.794. The van der Waals surface area contributed by atoms with Crippen LogP contribution >= 0.6 is 0 Å². The zero-order valence-electron chi connectivity index (χ0n) is 28.6. The number of hydrogen-bond acceptors (Lipinski definition) is 12. The van der Waals surface area contributed by atoms with Crippen molar-refractivity contribution in [2.24, 2.45) is 0 Å². The average molecular weight is 693 g/mol. The van der Waals surface area contributed by atoms with Crippen LogP contribution in [0.15, 0.2) is 35.2 Å². The van der Waals surface area contributed by atoms with Crippen LogP contribution in [0.1, 0.15) is 71.1 Å². The Balaban J connectivity index is 1.69. The molecule has 0 N–H and O–H groups in total. The average Bonchev–Trinajstić information content (AvgIpc) is 3.08. The number of ether oxygens (including phenoxy) is 8. The van der Waals surface area contributed by atoms with Gasteiger partial charge in [0.25, 0.3) is 10.1 Å². The maximum Gasteiger partial charge on any atom is 0.305 e. The van der Waals surface area contributed by atoms with Crippen molar-refractivity contribution in [1.82, 2.24) is 0 Å². The number of benzene rings is 1. The molecule has 0 bridgehead atoms. The second kappa shape index (κ2) is 32.8. The van der Waals surface area contributed by atoms with E-state index in [4.69, 9.17) is 42.1 Å². The molecule has 0 amide bonds. The Morgan fingerprint density at radius 2 is 0.851 bits per heavy atom. The molecule has 47 heavy (non-hydrogen) atoms. The molecule has 0 unspecified atom stereocenters. The van der Waals surface area contributed by atoms with Gasteiger partial charge in [-0.3, -0.25) is 8.98 Å². The van der Waals surface area contributed by atoms with Crippen LogP contribution in [0, 0.1) is 0 Å². The van der Waals surface area contributed by atoms with Gasteiger partial charge in [-0.2, -0.15) is 8.42 Å². The maximum atomic E-state index is 12.0. The fourth-order valence-electron chi connectivity index (χ4n) is 4.15. The van der Waals surface area contributed by atoms with Gasteiger partial charge in [-0.15, -0.1) is 0 Å². The van der Waals surface area contributed by atoms with Crippen molar-refractivity contribution >= 4 is 16.1 Å². The van der Waals surface area contributed by atoms with E-state index < -0.39 is 10.1 Å². The third-order valence-corrected chi connectivity index (χ3v) is 8.03. The van der Waals surface area contributed by atoms with Gasteiger partial charge < -0.3 is 37.9 Å². The first-order valence-corrected chi connectivity index (χ1v) is 18.6. The molecule has 1 aromatic carbocycles. The highest BCUT2D eigenvalue weighted by molar-refractivity contribution is 7.86. The van der Waals surface area contributed by atoms with Gasteiger partial charge in [0.15, 0.2) is 0 Å². The maximum absolute atomic E-state index is 12.0. The van der Waals surface area contributed by atoms with E-state index in [1.54, 1.807) is 18.2 Å². The van der Waals surface area contributed by atoms with Crippen LogP contribution in [0.25, 0.3) is 0 Å². The van der Waals surface area contributed by atoms with Gasteiger partial charge in [0.1, 0.15) is 6.61 Å². The highest BCUT2D eigenvalue weighted by Gasteiger charge is 2.13. The van der Waals surface area contributed by atoms with Crippen LogP contribution in [0.3, 0.4) is 0 Å². The number of rotatable bonds is 36. The molecule has 0 saturated heterocycles. The van der Waals surface area contributed by atoms with Gasteiger partial charge in [0.2, 0.25) is 0 Å². The van der Waals surface area contributed by atoms with E-state index in [1.807, 2.05) is 0 Å². The van der Waals surface area contributed by atoms with Crippen LogP contribution in [-0.4, -0.2) is 120 Å². The minimum absolute atomic E-state index is 0.0593. The summed E-state index contributed by atoms with van der Waals surface area (Å²) in [5.41, 5.74) is 0. The number of unbranched alkanes of at least 4 members (excludes halogenated alkanes) is 8. The van der Waals surface area contributed by atoms with Gasteiger partial charge >= 0.3 is 5.97 Å². The molecule has 0 spiro atoms. The van der Waals surface area contributed by atoms with E-state index in [1.165, 1.54) is 57.1 Å². The summed E-state index contributed by atoms with van der Waals surface area (Å²) >= 11 is 0. The predicted molar refractivity (Wildman–Crippen MR) is 178 cm³/mol. The lowest BCUT2D eigenvalue weighted by atomic mass is 10.1. The van der Waals surface area contributed by atoms with Crippen molar-refractivity contribution in [3.05, 3.63) is 30.3 Å². The van der Waals surface area contributed by atoms with Crippen LogP contribution in [0.4, 0.5) is 0 Å². The SMILES string of the molecule is CCCCCCCCCCCC(=O)OCCOCCOCCOCCOCCOCCOCCOCCOS(=O)(=O)c1ccccc1. The van der Waals surface area contributed by atoms with Crippen molar-refractivity contribution in [2.45, 2.75) is 76.0 Å². The molecule has 0 aliphatic heterocycles. The Morgan fingerprint density at radius 1 is 0.489 bits per heavy atom. The molecule has 0 aliphatic rings. The van der Waals surface area contributed by atoms with Gasteiger partial charge in [-0.1, -0.05) is 76.5 Å². The Bertz CT molecular complexity index is 917. The molecule has 274 valence electrons. The molecule has 0 heterocycles. The minimum Gasteiger partial charge on any atom is -0.463 e. The van der Waals surface area contributed by atoms with Crippen molar-refractivity contribution < 1.29 is 55.3 Å². The lowest BCUT2D eigenvalue weighted by Gasteiger charge is -2.09. The molecule has 0 fully saturated rings. The van der Waals surface area contributed by atoms with Gasteiger partial charge in [0, 0.05) is 6.42 Å². The largest absolute Gasteiger partial charge is 0.463 e. The molecule has 0 radical (unpaired) electrons. The van der Waals surface area contributed by atoms with Gasteiger partial charge in [0.05, 0.1) is 104 Å². The summed E-state index contributed by atoms with van der Waals surface area (Å²) in [7, 11) is -3.76. The number of hydrogen-bond donors (Lipinski definition) is 0. The first kappa shape index (κ1) is 43.3. The van der Waals surface area contributed by atoms with E-state index >= 15 is 0 Å². The van der Waals surface area contributed by atoms with E-state index in [9.17, 15) is 13.2 Å². The highest BCUT2D eigenvalue weighted by atomic mass is 32.2. The summed E-state index contributed by atoms with van der Waals surface area (Å²) in [5.74, 6) is -0.146. The Hall–Kier alpha value is -1.68. The van der Waals surface area contributed by atoms with Crippen molar-refractivity contribution in [2.75, 3.05) is 106 Å². The number of carbonyl (C=O) groups is 1. The van der Waals surface area contributed by atoms with Crippen LogP contribution in [0.5, 0.6) is 0 Å². The standard InChI is InChI=1S/C34H60O12S/c1-2-3-4-5-6-7-8-9-13-16-34(35)45-31-29-43-27-25-41-23-21-39-19-17-38-18-20-40-22-24-42-26-28-44-30-32-46-47(36,37)33-14-11-10-12-15-33/h10-12,14-15H,2-9,13,16-32H2,1H3. The number of carbonyl (C=O) groups excluding carboxylic acids is 1. The van der Waals surface area contributed by atoms with E-state index in [0.717, 1.165) is 12.8 Å². The van der Waals surface area contributed by atoms with E-state index in [2.05, 4.69) is 6.92 Å². The van der Waals surface area contributed by atoms with Crippen molar-refractivity contribution in [3.8, 4) is 0 Å². The van der Waals surface area contributed by atoms with Gasteiger partial charge in [-0.05, 0) is 18.6 Å². The molecule has 1 rings (SSSR count).